The largest absolute Gasteiger partial charge is 0.494 e. The van der Waals surface area contributed by atoms with Gasteiger partial charge in [-0.3, -0.25) is 9.59 Å². The average molecular weight is 356 g/mol. The van der Waals surface area contributed by atoms with Gasteiger partial charge in [0.1, 0.15) is 12.3 Å². The number of nitrogens with one attached hydrogen (secondary N) is 2. The fourth-order valence-corrected chi connectivity index (χ4v) is 2.78. The molecule has 2 N–H and O–H groups in total. The van der Waals surface area contributed by atoms with Crippen molar-refractivity contribution in [1.82, 2.24) is 10.0 Å². The summed E-state index contributed by atoms with van der Waals surface area (Å²) in [6, 6.07) is 5.98. The van der Waals surface area contributed by atoms with E-state index in [0.717, 1.165) is 12.8 Å². The fourth-order valence-electron chi connectivity index (χ4n) is 1.81. The van der Waals surface area contributed by atoms with E-state index in [1.807, 2.05) is 6.92 Å². The lowest BCUT2D eigenvalue weighted by atomic mass is 10.3. The van der Waals surface area contributed by atoms with Crippen molar-refractivity contribution in [2.75, 3.05) is 19.8 Å². The van der Waals surface area contributed by atoms with Gasteiger partial charge in [-0.2, -0.15) is 4.72 Å². The van der Waals surface area contributed by atoms with E-state index >= 15 is 0 Å². The Hall–Kier alpha value is -2.13. The molecular weight excluding hydrogens is 336 g/mol. The number of carbonyl (C=O) groups is 2. The quantitative estimate of drug-likeness (QED) is 0.611. The molecule has 0 saturated heterocycles. The zero-order chi connectivity index (χ0) is 17.6. The molecule has 1 aromatic carbocycles. The summed E-state index contributed by atoms with van der Waals surface area (Å²) in [6.45, 7) is 1.33. The molecule has 0 heterocycles. The highest BCUT2D eigenvalue weighted by Crippen LogP contribution is 2.18. The molecule has 1 aromatic rings. The molecule has 132 valence electrons. The summed E-state index contributed by atoms with van der Waals surface area (Å²) >= 11 is 0. The Kier molecular flexibility index (Phi) is 6.16. The van der Waals surface area contributed by atoms with Gasteiger partial charge in [0, 0.05) is 6.04 Å². The summed E-state index contributed by atoms with van der Waals surface area (Å²) < 4.78 is 36.2. The van der Waals surface area contributed by atoms with Crippen LogP contribution in [0.3, 0.4) is 0 Å². The third-order valence-electron chi connectivity index (χ3n) is 3.16. The van der Waals surface area contributed by atoms with E-state index in [1.165, 1.54) is 24.3 Å². The molecule has 2 rings (SSSR count). The van der Waals surface area contributed by atoms with Gasteiger partial charge < -0.3 is 14.8 Å². The summed E-state index contributed by atoms with van der Waals surface area (Å²) in [5.74, 6) is -0.659. The summed E-state index contributed by atoms with van der Waals surface area (Å²) in [6.07, 6.45) is 1.86. The van der Waals surface area contributed by atoms with Crippen LogP contribution in [0.15, 0.2) is 29.2 Å². The van der Waals surface area contributed by atoms with Gasteiger partial charge >= 0.3 is 5.97 Å². The Morgan fingerprint density at radius 3 is 2.46 bits per heavy atom. The van der Waals surface area contributed by atoms with Gasteiger partial charge in [-0.05, 0) is 44.0 Å². The topological polar surface area (TPSA) is 111 Å². The summed E-state index contributed by atoms with van der Waals surface area (Å²) in [4.78, 5) is 22.9. The average Bonchev–Trinajstić information content (AvgIpc) is 3.36. The van der Waals surface area contributed by atoms with E-state index in [9.17, 15) is 18.0 Å². The van der Waals surface area contributed by atoms with Crippen LogP contribution in [-0.2, 0) is 24.3 Å². The second-order valence-electron chi connectivity index (χ2n) is 5.23. The number of esters is 1. The van der Waals surface area contributed by atoms with Gasteiger partial charge in [0.2, 0.25) is 10.0 Å². The first-order chi connectivity index (χ1) is 11.4. The Balaban J connectivity index is 1.78. The molecular formula is C15H20N2O6S. The zero-order valence-electron chi connectivity index (χ0n) is 13.3. The first kappa shape index (κ1) is 18.2. The third kappa shape index (κ3) is 5.82. The molecule has 0 radical (unpaired) electrons. The molecule has 0 bridgehead atoms. The molecule has 0 aliphatic heterocycles. The highest BCUT2D eigenvalue weighted by atomic mass is 32.2. The van der Waals surface area contributed by atoms with Crippen LogP contribution in [0, 0.1) is 0 Å². The zero-order valence-corrected chi connectivity index (χ0v) is 14.1. The van der Waals surface area contributed by atoms with Gasteiger partial charge in [0.25, 0.3) is 5.91 Å². The van der Waals surface area contributed by atoms with Gasteiger partial charge in [0.15, 0.2) is 6.61 Å². The highest BCUT2D eigenvalue weighted by molar-refractivity contribution is 7.89. The minimum Gasteiger partial charge on any atom is -0.494 e. The first-order valence-electron chi connectivity index (χ1n) is 7.58. The standard InChI is InChI=1S/C15H20N2O6S/c1-2-22-12-5-7-13(8-6-12)24(20,21)16-9-15(19)23-10-14(18)17-11-3-4-11/h5-8,11,16H,2-4,9-10H2,1H3,(H,17,18). The molecule has 8 nitrogen and oxygen atoms in total. The van der Waals surface area contributed by atoms with Gasteiger partial charge in [-0.25, -0.2) is 8.42 Å². The normalized spacial score (nSPS) is 14.0. The van der Waals surface area contributed by atoms with Crippen LogP contribution in [-0.4, -0.2) is 46.1 Å². The molecule has 0 atom stereocenters. The Morgan fingerprint density at radius 2 is 1.88 bits per heavy atom. The summed E-state index contributed by atoms with van der Waals surface area (Å²) in [5.41, 5.74) is 0. The minimum absolute atomic E-state index is 0.00484. The molecule has 24 heavy (non-hydrogen) atoms. The predicted molar refractivity (Wildman–Crippen MR) is 84.9 cm³/mol. The van der Waals surface area contributed by atoms with Crippen LogP contribution >= 0.6 is 0 Å². The molecule has 1 aliphatic rings. The lowest BCUT2D eigenvalue weighted by molar-refractivity contribution is -0.147. The molecule has 0 unspecified atom stereocenters. The number of sulfonamides is 1. The van der Waals surface area contributed by atoms with E-state index in [0.29, 0.717) is 12.4 Å². The maximum atomic E-state index is 12.1. The Morgan fingerprint density at radius 1 is 1.21 bits per heavy atom. The van der Waals surface area contributed by atoms with Crippen molar-refractivity contribution in [3.63, 3.8) is 0 Å². The SMILES string of the molecule is CCOc1ccc(S(=O)(=O)NCC(=O)OCC(=O)NC2CC2)cc1. The summed E-state index contributed by atoms with van der Waals surface area (Å²) in [5, 5.41) is 2.66. The minimum atomic E-state index is -3.84. The summed E-state index contributed by atoms with van der Waals surface area (Å²) in [7, 11) is -3.84. The highest BCUT2D eigenvalue weighted by Gasteiger charge is 2.23. The van der Waals surface area contributed by atoms with Crippen LogP contribution in [0.25, 0.3) is 0 Å². The Labute approximate surface area is 140 Å². The van der Waals surface area contributed by atoms with Crippen molar-refractivity contribution in [3.05, 3.63) is 24.3 Å². The molecule has 0 aromatic heterocycles. The second-order valence-corrected chi connectivity index (χ2v) is 7.00. The fraction of sp³-hybridized carbons (Fsp3) is 0.467. The van der Waals surface area contributed by atoms with Crippen LogP contribution in [0.4, 0.5) is 0 Å². The van der Waals surface area contributed by atoms with E-state index in [4.69, 9.17) is 9.47 Å². The third-order valence-corrected chi connectivity index (χ3v) is 4.58. The number of hydrogen-bond acceptors (Lipinski definition) is 6. The second kappa shape index (κ2) is 8.11. The van der Waals surface area contributed by atoms with Crippen molar-refractivity contribution in [2.24, 2.45) is 0 Å². The molecule has 1 amide bonds. The first-order valence-corrected chi connectivity index (χ1v) is 9.06. The van der Waals surface area contributed by atoms with Crippen LogP contribution < -0.4 is 14.8 Å². The monoisotopic (exact) mass is 356 g/mol. The van der Waals surface area contributed by atoms with E-state index in [-0.39, 0.29) is 16.8 Å². The predicted octanol–water partition coefficient (Wildman–Crippen LogP) is 0.185. The smallest absolute Gasteiger partial charge is 0.321 e. The number of ether oxygens (including phenoxy) is 2. The molecule has 1 saturated carbocycles. The number of hydrogen-bond donors (Lipinski definition) is 2. The van der Waals surface area contributed by atoms with Crippen LogP contribution in [0.5, 0.6) is 5.75 Å². The lowest BCUT2D eigenvalue weighted by Gasteiger charge is -2.08. The Bertz CT molecular complexity index is 682. The van der Waals surface area contributed by atoms with Crippen LogP contribution in [0.2, 0.25) is 0 Å². The van der Waals surface area contributed by atoms with E-state index < -0.39 is 29.1 Å². The maximum absolute atomic E-state index is 12.1. The molecule has 9 heteroatoms. The maximum Gasteiger partial charge on any atom is 0.321 e. The van der Waals surface area contributed by atoms with Crippen molar-refractivity contribution in [2.45, 2.75) is 30.7 Å². The van der Waals surface area contributed by atoms with E-state index in [2.05, 4.69) is 10.0 Å². The van der Waals surface area contributed by atoms with Gasteiger partial charge in [-0.1, -0.05) is 0 Å². The van der Waals surface area contributed by atoms with Crippen molar-refractivity contribution in [3.8, 4) is 5.75 Å². The lowest BCUT2D eigenvalue weighted by Crippen LogP contribution is -2.34. The molecule has 0 spiro atoms. The van der Waals surface area contributed by atoms with Crippen molar-refractivity contribution < 1.29 is 27.5 Å². The number of benzene rings is 1. The van der Waals surface area contributed by atoms with Gasteiger partial charge in [-0.15, -0.1) is 0 Å². The number of amides is 1. The number of rotatable bonds is 9. The molecule has 1 fully saturated rings. The van der Waals surface area contributed by atoms with E-state index in [1.54, 1.807) is 0 Å². The van der Waals surface area contributed by atoms with Crippen molar-refractivity contribution in [1.29, 1.82) is 0 Å². The van der Waals surface area contributed by atoms with Crippen LogP contribution in [0.1, 0.15) is 19.8 Å². The van der Waals surface area contributed by atoms with Gasteiger partial charge in [0.05, 0.1) is 11.5 Å². The van der Waals surface area contributed by atoms with Crippen molar-refractivity contribution >= 4 is 21.9 Å². The molecule has 1 aliphatic carbocycles. The number of carbonyl (C=O) groups excluding carboxylic acids is 2.